The number of nitrogens with zero attached hydrogens (tertiary/aromatic N) is 6. The van der Waals surface area contributed by atoms with Crippen LogP contribution in [0.25, 0.3) is 22.0 Å². The largest absolute Gasteiger partial charge is 0.369 e. The minimum atomic E-state index is 0. The van der Waals surface area contributed by atoms with Crippen LogP contribution in [0.2, 0.25) is 0 Å². The fourth-order valence-corrected chi connectivity index (χ4v) is 4.18. The number of para-hydroxylation sites is 1. The molecule has 3 heterocycles. The van der Waals surface area contributed by atoms with Crippen LogP contribution < -0.4 is 10.2 Å². The van der Waals surface area contributed by atoms with Crippen molar-refractivity contribution in [2.24, 2.45) is 0 Å². The van der Waals surface area contributed by atoms with Gasteiger partial charge in [-0.3, -0.25) is 4.68 Å². The van der Waals surface area contributed by atoms with Crippen molar-refractivity contribution in [3.05, 3.63) is 61.1 Å². The Labute approximate surface area is 190 Å². The molecule has 7 heteroatoms. The molecule has 2 aromatic carbocycles. The summed E-state index contributed by atoms with van der Waals surface area (Å²) >= 11 is 0. The van der Waals surface area contributed by atoms with Crippen molar-refractivity contribution in [1.82, 2.24) is 24.6 Å². The van der Waals surface area contributed by atoms with Gasteiger partial charge in [-0.25, -0.2) is 9.97 Å². The van der Waals surface area contributed by atoms with E-state index in [-0.39, 0.29) is 1.43 Å². The molecule has 0 amide bonds. The van der Waals surface area contributed by atoms with Crippen molar-refractivity contribution in [1.29, 1.82) is 0 Å². The fraction of sp³-hybridized carbons (Fsp3) is 0.320. The second-order valence-electron chi connectivity index (χ2n) is 8.39. The standard InChI is InChI=1S/C25H29N7.H2/c1-3-10-32-18-20(17-27-32)23-9-4-6-19-16-26-25(29-24(19)23)28-21-7-5-8-22(15-21)31-13-11-30(2)12-14-31;/h4-9,15-18H,3,10-14H2,1-2H3,(H,26,28,29);1H. The van der Waals surface area contributed by atoms with E-state index in [1.165, 1.54) is 5.69 Å². The SMILES string of the molecule is CCCn1cc(-c2cccc3cnc(Nc4cccc(N5CCN(C)CC5)c4)nc23)cn1.[HH]. The number of fused-ring (bicyclic) bond motifs is 1. The molecule has 0 atom stereocenters. The van der Waals surface area contributed by atoms with E-state index in [0.717, 1.165) is 66.9 Å². The van der Waals surface area contributed by atoms with E-state index in [0.29, 0.717) is 5.95 Å². The summed E-state index contributed by atoms with van der Waals surface area (Å²) in [5.74, 6) is 0.599. The number of hydrogen-bond donors (Lipinski definition) is 1. The summed E-state index contributed by atoms with van der Waals surface area (Å²) in [4.78, 5) is 14.2. The second-order valence-corrected chi connectivity index (χ2v) is 8.39. The van der Waals surface area contributed by atoms with E-state index < -0.39 is 0 Å². The van der Waals surface area contributed by atoms with Gasteiger partial charge in [0, 0.05) is 74.4 Å². The topological polar surface area (TPSA) is 62.1 Å². The predicted octanol–water partition coefficient (Wildman–Crippen LogP) is 4.64. The first-order valence-electron chi connectivity index (χ1n) is 11.3. The van der Waals surface area contributed by atoms with Crippen molar-refractivity contribution >= 4 is 28.2 Å². The van der Waals surface area contributed by atoms with Crippen LogP contribution in [0.3, 0.4) is 0 Å². The van der Waals surface area contributed by atoms with Gasteiger partial charge in [0.15, 0.2) is 0 Å². The van der Waals surface area contributed by atoms with Gasteiger partial charge in [-0.15, -0.1) is 0 Å². The molecule has 0 bridgehead atoms. The molecule has 32 heavy (non-hydrogen) atoms. The fourth-order valence-electron chi connectivity index (χ4n) is 4.18. The van der Waals surface area contributed by atoms with Gasteiger partial charge in [0.05, 0.1) is 11.7 Å². The van der Waals surface area contributed by atoms with Crippen LogP contribution in [-0.4, -0.2) is 57.9 Å². The normalized spacial score (nSPS) is 14.8. The van der Waals surface area contributed by atoms with E-state index >= 15 is 0 Å². The zero-order valence-corrected chi connectivity index (χ0v) is 18.7. The molecule has 0 radical (unpaired) electrons. The average Bonchev–Trinajstić information content (AvgIpc) is 3.28. The first-order chi connectivity index (χ1) is 15.7. The molecule has 0 saturated carbocycles. The molecule has 0 aliphatic carbocycles. The Kier molecular flexibility index (Phi) is 5.73. The lowest BCUT2D eigenvalue weighted by Crippen LogP contribution is -2.44. The Morgan fingerprint density at radius 3 is 2.72 bits per heavy atom. The van der Waals surface area contributed by atoms with E-state index in [1.807, 2.05) is 29.2 Å². The lowest BCUT2D eigenvalue weighted by molar-refractivity contribution is 0.313. The van der Waals surface area contributed by atoms with Crippen LogP contribution in [-0.2, 0) is 6.54 Å². The van der Waals surface area contributed by atoms with Gasteiger partial charge in [-0.1, -0.05) is 31.2 Å². The lowest BCUT2D eigenvalue weighted by atomic mass is 10.1. The molecule has 1 saturated heterocycles. The highest BCUT2D eigenvalue weighted by molar-refractivity contribution is 5.93. The van der Waals surface area contributed by atoms with Crippen molar-refractivity contribution in [2.45, 2.75) is 19.9 Å². The van der Waals surface area contributed by atoms with Gasteiger partial charge < -0.3 is 15.1 Å². The summed E-state index contributed by atoms with van der Waals surface area (Å²) in [7, 11) is 2.18. The summed E-state index contributed by atoms with van der Waals surface area (Å²) in [5.41, 5.74) is 5.30. The quantitative estimate of drug-likeness (QED) is 0.482. The van der Waals surface area contributed by atoms with Gasteiger partial charge in [0.25, 0.3) is 0 Å². The maximum Gasteiger partial charge on any atom is 0.227 e. The lowest BCUT2D eigenvalue weighted by Gasteiger charge is -2.34. The molecule has 0 spiro atoms. The van der Waals surface area contributed by atoms with E-state index in [1.54, 1.807) is 0 Å². The number of nitrogens with one attached hydrogen (secondary N) is 1. The predicted molar refractivity (Wildman–Crippen MR) is 133 cm³/mol. The monoisotopic (exact) mass is 429 g/mol. The highest BCUT2D eigenvalue weighted by atomic mass is 15.3. The Balaban J connectivity index is 0.00000259. The van der Waals surface area contributed by atoms with E-state index in [2.05, 4.69) is 75.7 Å². The van der Waals surface area contributed by atoms with Gasteiger partial charge >= 0.3 is 0 Å². The molecule has 4 aromatic rings. The smallest absolute Gasteiger partial charge is 0.227 e. The molecule has 1 aliphatic rings. The Bertz CT molecular complexity index is 1210. The number of aromatic nitrogens is 4. The zero-order valence-electron chi connectivity index (χ0n) is 18.7. The minimum absolute atomic E-state index is 0. The highest BCUT2D eigenvalue weighted by Crippen LogP contribution is 2.28. The van der Waals surface area contributed by atoms with Crippen LogP contribution in [0.5, 0.6) is 0 Å². The van der Waals surface area contributed by atoms with Crippen LogP contribution in [0.1, 0.15) is 14.8 Å². The summed E-state index contributed by atoms with van der Waals surface area (Å²) in [6, 6.07) is 14.7. The number of piperazine rings is 1. The molecule has 0 unspecified atom stereocenters. The molecule has 2 aromatic heterocycles. The molecule has 5 rings (SSSR count). The first-order valence-corrected chi connectivity index (χ1v) is 11.3. The molecule has 1 N–H and O–H groups in total. The Hall–Kier alpha value is -3.45. The third-order valence-corrected chi connectivity index (χ3v) is 5.98. The Morgan fingerprint density at radius 2 is 1.88 bits per heavy atom. The average molecular weight is 430 g/mol. The Morgan fingerprint density at radius 1 is 1.03 bits per heavy atom. The van der Waals surface area contributed by atoms with Gasteiger partial charge in [-0.05, 0) is 31.7 Å². The zero-order chi connectivity index (χ0) is 21.9. The third kappa shape index (κ3) is 4.29. The number of aryl methyl sites for hydroxylation is 1. The van der Waals surface area contributed by atoms with Gasteiger partial charge in [0.1, 0.15) is 0 Å². The van der Waals surface area contributed by atoms with Crippen molar-refractivity contribution in [2.75, 3.05) is 43.4 Å². The van der Waals surface area contributed by atoms with E-state index in [9.17, 15) is 0 Å². The van der Waals surface area contributed by atoms with Crippen LogP contribution in [0.4, 0.5) is 17.3 Å². The molecule has 1 fully saturated rings. The summed E-state index contributed by atoms with van der Waals surface area (Å²) in [6.07, 6.45) is 6.95. The van der Waals surface area contributed by atoms with E-state index in [4.69, 9.17) is 4.98 Å². The van der Waals surface area contributed by atoms with Gasteiger partial charge in [-0.2, -0.15) is 5.10 Å². The maximum atomic E-state index is 4.87. The molecule has 7 nitrogen and oxygen atoms in total. The molecular weight excluding hydrogens is 398 g/mol. The van der Waals surface area contributed by atoms with Crippen LogP contribution >= 0.6 is 0 Å². The third-order valence-electron chi connectivity index (χ3n) is 5.98. The van der Waals surface area contributed by atoms with Crippen molar-refractivity contribution in [3.8, 4) is 11.1 Å². The minimum Gasteiger partial charge on any atom is -0.369 e. The van der Waals surface area contributed by atoms with Crippen LogP contribution in [0, 0.1) is 0 Å². The molecule has 1 aliphatic heterocycles. The number of hydrogen-bond acceptors (Lipinski definition) is 6. The first kappa shape index (κ1) is 20.5. The molecular formula is C25H31N7. The van der Waals surface area contributed by atoms with Crippen molar-refractivity contribution in [3.63, 3.8) is 0 Å². The summed E-state index contributed by atoms with van der Waals surface area (Å²) in [5, 5.41) is 8.91. The van der Waals surface area contributed by atoms with Crippen molar-refractivity contribution < 1.29 is 1.43 Å². The number of rotatable bonds is 6. The van der Waals surface area contributed by atoms with Gasteiger partial charge in [0.2, 0.25) is 5.95 Å². The number of anilines is 3. The maximum absolute atomic E-state index is 4.87. The highest BCUT2D eigenvalue weighted by Gasteiger charge is 2.15. The second kappa shape index (κ2) is 8.96. The van der Waals surface area contributed by atoms with Crippen LogP contribution in [0.15, 0.2) is 61.1 Å². The number of likely N-dealkylation sites (N-methyl/N-ethyl adjacent to an activating group) is 1. The summed E-state index contributed by atoms with van der Waals surface area (Å²) < 4.78 is 1.98. The summed E-state index contributed by atoms with van der Waals surface area (Å²) in [6.45, 7) is 7.33. The number of benzene rings is 2. The molecule has 166 valence electrons.